The highest BCUT2D eigenvalue weighted by atomic mass is 35.5. The van der Waals surface area contributed by atoms with Crippen molar-refractivity contribution >= 4 is 57.3 Å². The third-order valence-corrected chi connectivity index (χ3v) is 9.19. The van der Waals surface area contributed by atoms with Crippen molar-refractivity contribution in [3.05, 3.63) is 107 Å². The van der Waals surface area contributed by atoms with Gasteiger partial charge in [0.25, 0.3) is 5.78 Å². The first-order chi connectivity index (χ1) is 20.9. The molecule has 0 saturated carbocycles. The van der Waals surface area contributed by atoms with Crippen LogP contribution in [-0.4, -0.2) is 46.8 Å². The van der Waals surface area contributed by atoms with Crippen LogP contribution in [0.5, 0.6) is 17.2 Å². The van der Waals surface area contributed by atoms with Gasteiger partial charge in [-0.25, -0.2) is 0 Å². The minimum absolute atomic E-state index is 0.0944. The largest absolute Gasteiger partial charge is 0.507 e. The first kappa shape index (κ1) is 28.8. The van der Waals surface area contributed by atoms with Gasteiger partial charge in [-0.05, 0) is 47.5 Å². The van der Waals surface area contributed by atoms with Crippen LogP contribution >= 0.6 is 34.7 Å². The molecule has 0 radical (unpaired) electrons. The van der Waals surface area contributed by atoms with Gasteiger partial charge in [-0.1, -0.05) is 77.7 Å². The smallest absolute Gasteiger partial charge is 0.301 e. The highest BCUT2D eigenvalue weighted by Crippen LogP contribution is 2.45. The molecule has 43 heavy (non-hydrogen) atoms. The zero-order valence-electron chi connectivity index (χ0n) is 22.6. The maximum Gasteiger partial charge on any atom is 0.301 e. The summed E-state index contributed by atoms with van der Waals surface area (Å²) in [6.45, 7) is 4.71. The lowest BCUT2D eigenvalue weighted by Gasteiger charge is -2.23. The lowest BCUT2D eigenvalue weighted by molar-refractivity contribution is -0.132. The van der Waals surface area contributed by atoms with Crippen LogP contribution in [0, 0.1) is 0 Å². The van der Waals surface area contributed by atoms with Crippen LogP contribution in [0.25, 0.3) is 5.76 Å². The number of nitrogens with zero attached hydrogens (tertiary/aromatic N) is 3. The van der Waals surface area contributed by atoms with E-state index in [2.05, 4.69) is 16.8 Å². The Morgan fingerprint density at radius 2 is 1.91 bits per heavy atom. The van der Waals surface area contributed by atoms with Gasteiger partial charge < -0.3 is 19.3 Å². The number of rotatable bonds is 9. The summed E-state index contributed by atoms with van der Waals surface area (Å²) in [6.07, 6.45) is 1.61. The number of hydrogen-bond donors (Lipinski definition) is 1. The zero-order valence-corrected chi connectivity index (χ0v) is 25.0. The number of Topliss-reactive ketones (excluding diaryl/α,β-unsaturated/α-hetero) is 1. The molecule has 3 aromatic carbocycles. The number of aromatic nitrogens is 2. The van der Waals surface area contributed by atoms with Gasteiger partial charge in [0.05, 0.1) is 11.6 Å². The van der Waals surface area contributed by atoms with E-state index < -0.39 is 17.7 Å². The Bertz CT molecular complexity index is 1760. The lowest BCUT2D eigenvalue weighted by atomic mass is 9.95. The molecule has 1 fully saturated rings. The maximum atomic E-state index is 13.6. The molecule has 1 atom stereocenters. The number of aliphatic hydroxyl groups excluding tert-OH is 1. The molecule has 0 spiro atoms. The summed E-state index contributed by atoms with van der Waals surface area (Å²) in [4.78, 5) is 28.5. The Morgan fingerprint density at radius 3 is 2.72 bits per heavy atom. The summed E-state index contributed by atoms with van der Waals surface area (Å²) in [5.41, 5.74) is 1.69. The number of ether oxygens (including phenoxy) is 3. The van der Waals surface area contributed by atoms with E-state index in [-0.39, 0.29) is 23.1 Å². The molecular weight excluding hydrogens is 610 g/mol. The van der Waals surface area contributed by atoms with Gasteiger partial charge in [-0.15, -0.1) is 10.2 Å². The second-order valence-electron chi connectivity index (χ2n) is 9.43. The van der Waals surface area contributed by atoms with Crippen LogP contribution in [0.2, 0.25) is 5.02 Å². The van der Waals surface area contributed by atoms with Gasteiger partial charge >= 0.3 is 5.91 Å². The van der Waals surface area contributed by atoms with Crippen LogP contribution in [0.15, 0.2) is 89.3 Å². The Labute approximate surface area is 260 Å². The molecule has 1 amide bonds. The average molecular weight is 634 g/mol. The zero-order chi connectivity index (χ0) is 29.9. The first-order valence-electron chi connectivity index (χ1n) is 13.2. The molecule has 2 aliphatic heterocycles. The Morgan fingerprint density at radius 1 is 1.09 bits per heavy atom. The summed E-state index contributed by atoms with van der Waals surface area (Å²) in [6, 6.07) is 18.4. The summed E-state index contributed by atoms with van der Waals surface area (Å²) in [5, 5.41) is 20.9. The summed E-state index contributed by atoms with van der Waals surface area (Å²) >= 11 is 8.89. The highest BCUT2D eigenvalue weighted by Gasteiger charge is 2.48. The molecule has 218 valence electrons. The van der Waals surface area contributed by atoms with E-state index in [1.54, 1.807) is 48.5 Å². The molecule has 3 heterocycles. The summed E-state index contributed by atoms with van der Waals surface area (Å²) in [7, 11) is 0. The van der Waals surface area contributed by atoms with Crippen molar-refractivity contribution in [3.8, 4) is 17.2 Å². The predicted molar refractivity (Wildman–Crippen MR) is 165 cm³/mol. The Balaban J connectivity index is 1.40. The van der Waals surface area contributed by atoms with Crippen LogP contribution in [0.4, 0.5) is 5.13 Å². The Hall–Kier alpha value is -4.32. The predicted octanol–water partition coefficient (Wildman–Crippen LogP) is 6.45. The minimum Gasteiger partial charge on any atom is -0.507 e. The summed E-state index contributed by atoms with van der Waals surface area (Å²) in [5.74, 6) is -0.0134. The Kier molecular flexibility index (Phi) is 8.37. The van der Waals surface area contributed by atoms with Crippen LogP contribution < -0.4 is 19.1 Å². The van der Waals surface area contributed by atoms with Crippen molar-refractivity contribution < 1.29 is 28.9 Å². The monoisotopic (exact) mass is 633 g/mol. The third-order valence-electron chi connectivity index (χ3n) is 6.71. The van der Waals surface area contributed by atoms with Crippen LogP contribution in [0.3, 0.4) is 0 Å². The van der Waals surface area contributed by atoms with E-state index in [1.807, 2.05) is 24.3 Å². The second kappa shape index (κ2) is 12.5. The van der Waals surface area contributed by atoms with Gasteiger partial charge in [0.15, 0.2) is 15.8 Å². The number of thioether (sulfide) groups is 1. The first-order valence-corrected chi connectivity index (χ1v) is 15.4. The number of carbonyl (C=O) groups excluding carboxylic acids is 2. The molecule has 4 aromatic rings. The molecule has 1 saturated heterocycles. The van der Waals surface area contributed by atoms with E-state index in [0.717, 1.165) is 5.56 Å². The van der Waals surface area contributed by atoms with Crippen LogP contribution in [-0.2, 0) is 15.3 Å². The van der Waals surface area contributed by atoms with Crippen molar-refractivity contribution in [2.75, 3.05) is 24.7 Å². The standard InChI is InChI=1S/C31H24ClN3O6S2/c1-2-12-39-21-8-5-7-18(15-21)26-25(27(36)19-10-11-23-24(16-19)41-14-13-40-23)28(37)29(38)35(26)30-33-34-31(43-30)42-17-20-6-3-4-9-22(20)32/h2-11,15-16,26,36H,1,12-14,17H2/b27-25+/t26-/m1/s1. The minimum atomic E-state index is -1.00. The fourth-order valence-electron chi connectivity index (χ4n) is 4.73. The topological polar surface area (TPSA) is 111 Å². The number of fused-ring (bicyclic) bond motifs is 1. The van der Waals surface area contributed by atoms with E-state index in [1.165, 1.54) is 28.0 Å². The second-order valence-corrected chi connectivity index (χ2v) is 12.0. The number of benzene rings is 3. The van der Waals surface area contributed by atoms with Crippen molar-refractivity contribution in [3.63, 3.8) is 0 Å². The SMILES string of the molecule is C=CCOc1cccc([C@@H]2/C(=C(\O)c3ccc4c(c3)OCCO4)C(=O)C(=O)N2c2nnc(SCc3ccccc3Cl)s2)c1. The quantitative estimate of drug-likeness (QED) is 0.0555. The fourth-order valence-corrected chi connectivity index (χ4v) is 6.89. The van der Waals surface area contributed by atoms with E-state index in [0.29, 0.717) is 56.7 Å². The molecule has 12 heteroatoms. The highest BCUT2D eigenvalue weighted by molar-refractivity contribution is 8.00. The number of anilines is 1. The van der Waals surface area contributed by atoms with Crippen molar-refractivity contribution in [1.82, 2.24) is 10.2 Å². The molecule has 1 aromatic heterocycles. The third kappa shape index (κ3) is 5.83. The molecule has 9 nitrogen and oxygen atoms in total. The van der Waals surface area contributed by atoms with Crippen LogP contribution in [0.1, 0.15) is 22.7 Å². The molecule has 0 aliphatic carbocycles. The maximum absolute atomic E-state index is 13.6. The van der Waals surface area contributed by atoms with E-state index >= 15 is 0 Å². The number of hydrogen-bond acceptors (Lipinski definition) is 10. The molecule has 0 unspecified atom stereocenters. The normalized spacial score (nSPS) is 17.2. The van der Waals surface area contributed by atoms with Gasteiger partial charge in [0.2, 0.25) is 5.13 Å². The van der Waals surface area contributed by atoms with Gasteiger partial charge in [0.1, 0.15) is 31.3 Å². The number of ketones is 1. The van der Waals surface area contributed by atoms with E-state index in [9.17, 15) is 14.7 Å². The number of halogens is 1. The number of amides is 1. The molecule has 2 aliphatic rings. The van der Waals surface area contributed by atoms with Gasteiger partial charge in [-0.3, -0.25) is 14.5 Å². The molecular formula is C31H24ClN3O6S2. The van der Waals surface area contributed by atoms with Gasteiger partial charge in [-0.2, -0.15) is 0 Å². The summed E-state index contributed by atoms with van der Waals surface area (Å²) < 4.78 is 17.6. The van der Waals surface area contributed by atoms with Gasteiger partial charge in [0, 0.05) is 16.3 Å². The average Bonchev–Trinajstić information content (AvgIpc) is 3.60. The van der Waals surface area contributed by atoms with Crippen molar-refractivity contribution in [2.45, 2.75) is 16.1 Å². The number of aliphatic hydroxyl groups is 1. The fraction of sp³-hybridized carbons (Fsp3) is 0.161. The molecule has 0 bridgehead atoms. The lowest BCUT2D eigenvalue weighted by Crippen LogP contribution is -2.29. The molecule has 6 rings (SSSR count). The number of carbonyl (C=O) groups is 2. The molecule has 1 N–H and O–H groups in total. The van der Waals surface area contributed by atoms with Crippen molar-refractivity contribution in [1.29, 1.82) is 0 Å². The van der Waals surface area contributed by atoms with E-state index in [4.69, 9.17) is 25.8 Å². The van der Waals surface area contributed by atoms with Crippen molar-refractivity contribution in [2.24, 2.45) is 0 Å².